The molecular weight excluding hydrogens is 171 g/mol. The van der Waals surface area contributed by atoms with Crippen molar-refractivity contribution in [1.29, 1.82) is 0 Å². The monoisotopic (exact) mass is 186 g/mol. The van der Waals surface area contributed by atoms with E-state index >= 15 is 0 Å². The van der Waals surface area contributed by atoms with Gasteiger partial charge in [-0.3, -0.25) is 0 Å². The third kappa shape index (κ3) is 3.59. The van der Waals surface area contributed by atoms with Crippen LogP contribution >= 0.6 is 0 Å². The van der Waals surface area contributed by atoms with Crippen LogP contribution in [0.15, 0.2) is 23.7 Å². The fraction of sp³-hybridized carbons (Fsp3) is 0.600. The highest BCUT2D eigenvalue weighted by atomic mass is 19.1. The molecule has 1 rings (SSSR count). The van der Waals surface area contributed by atoms with E-state index in [0.717, 1.165) is 12.8 Å². The van der Waals surface area contributed by atoms with E-state index in [1.54, 1.807) is 7.11 Å². The van der Waals surface area contributed by atoms with Gasteiger partial charge in [-0.1, -0.05) is 6.08 Å². The molecule has 0 aromatic rings. The molecule has 0 spiro atoms. The minimum absolute atomic E-state index is 0.233. The van der Waals surface area contributed by atoms with Crippen LogP contribution in [0.4, 0.5) is 4.39 Å². The summed E-state index contributed by atoms with van der Waals surface area (Å²) in [6.45, 7) is 1.19. The first-order chi connectivity index (χ1) is 6.34. The molecule has 0 amide bonds. The summed E-state index contributed by atoms with van der Waals surface area (Å²) in [5.74, 6) is 0.252. The molecule has 1 aliphatic rings. The van der Waals surface area contributed by atoms with Crippen molar-refractivity contribution >= 4 is 0 Å². The second-order valence-electron chi connectivity index (χ2n) is 2.91. The lowest BCUT2D eigenvalue weighted by Gasteiger charge is -2.12. The van der Waals surface area contributed by atoms with Crippen LogP contribution in [0.25, 0.3) is 0 Å². The molecule has 0 N–H and O–H groups in total. The molecule has 0 aromatic carbocycles. The molecule has 0 saturated carbocycles. The zero-order valence-electron chi connectivity index (χ0n) is 7.88. The normalized spacial score (nSPS) is 16.5. The zero-order valence-corrected chi connectivity index (χ0v) is 7.88. The van der Waals surface area contributed by atoms with E-state index in [0.29, 0.717) is 25.4 Å². The molecule has 0 radical (unpaired) electrons. The van der Waals surface area contributed by atoms with Crippen molar-refractivity contribution in [3.8, 4) is 0 Å². The lowest BCUT2D eigenvalue weighted by Crippen LogP contribution is -2.02. The van der Waals surface area contributed by atoms with Crippen LogP contribution in [0.2, 0.25) is 0 Å². The first kappa shape index (κ1) is 10.3. The van der Waals surface area contributed by atoms with Crippen LogP contribution in [-0.4, -0.2) is 20.3 Å². The van der Waals surface area contributed by atoms with E-state index in [-0.39, 0.29) is 5.83 Å². The molecule has 0 saturated heterocycles. The highest BCUT2D eigenvalue weighted by Crippen LogP contribution is 2.20. The van der Waals surface area contributed by atoms with E-state index in [1.165, 1.54) is 6.08 Å². The molecule has 3 heteroatoms. The van der Waals surface area contributed by atoms with E-state index in [2.05, 4.69) is 0 Å². The molecule has 0 heterocycles. The van der Waals surface area contributed by atoms with Gasteiger partial charge in [0.15, 0.2) is 5.83 Å². The van der Waals surface area contributed by atoms with E-state index in [4.69, 9.17) is 9.47 Å². The van der Waals surface area contributed by atoms with Crippen LogP contribution in [0.5, 0.6) is 0 Å². The third-order valence-corrected chi connectivity index (χ3v) is 1.84. The van der Waals surface area contributed by atoms with Gasteiger partial charge >= 0.3 is 0 Å². The number of rotatable bonds is 5. The Balaban J connectivity index is 2.23. The molecule has 0 aromatic heterocycles. The maximum absolute atomic E-state index is 13.0. The van der Waals surface area contributed by atoms with E-state index in [1.807, 2.05) is 6.08 Å². The van der Waals surface area contributed by atoms with Crippen molar-refractivity contribution in [2.45, 2.75) is 19.3 Å². The summed E-state index contributed by atoms with van der Waals surface area (Å²) in [5, 5.41) is 0. The summed E-state index contributed by atoms with van der Waals surface area (Å²) in [4.78, 5) is 0. The number of ether oxygens (including phenoxy) is 2. The van der Waals surface area contributed by atoms with E-state index in [9.17, 15) is 4.39 Å². The fourth-order valence-electron chi connectivity index (χ4n) is 1.15. The molecule has 13 heavy (non-hydrogen) atoms. The summed E-state index contributed by atoms with van der Waals surface area (Å²) in [6, 6.07) is 0. The Labute approximate surface area is 78.0 Å². The first-order valence-electron chi connectivity index (χ1n) is 4.51. The highest BCUT2D eigenvalue weighted by molar-refractivity contribution is 5.19. The molecular formula is C10H15FO2. The first-order valence-corrected chi connectivity index (χ1v) is 4.51. The average Bonchev–Trinajstić information content (AvgIpc) is 2.15. The minimum atomic E-state index is -0.233. The molecule has 0 unspecified atom stereocenters. The molecule has 0 atom stereocenters. The third-order valence-electron chi connectivity index (χ3n) is 1.84. The predicted octanol–water partition coefficient (Wildman–Crippen LogP) is 2.57. The number of hydrogen-bond donors (Lipinski definition) is 0. The Bertz CT molecular complexity index is 209. The van der Waals surface area contributed by atoms with Crippen molar-refractivity contribution in [2.75, 3.05) is 20.3 Å². The molecule has 1 aliphatic carbocycles. The number of halogens is 1. The van der Waals surface area contributed by atoms with Gasteiger partial charge in [-0.25, -0.2) is 4.39 Å². The SMILES string of the molecule is COCCCOC1=C(F)C=CCC1. The molecule has 0 aliphatic heterocycles. The summed E-state index contributed by atoms with van der Waals surface area (Å²) in [5.41, 5.74) is 0. The summed E-state index contributed by atoms with van der Waals surface area (Å²) in [6.07, 6.45) is 5.63. The number of allylic oxidation sites excluding steroid dienone is 4. The van der Waals surface area contributed by atoms with Crippen LogP contribution in [-0.2, 0) is 9.47 Å². The largest absolute Gasteiger partial charge is 0.495 e. The Morgan fingerprint density at radius 1 is 1.46 bits per heavy atom. The highest BCUT2D eigenvalue weighted by Gasteiger charge is 2.08. The summed E-state index contributed by atoms with van der Waals surface area (Å²) in [7, 11) is 1.64. The predicted molar refractivity (Wildman–Crippen MR) is 49.0 cm³/mol. The van der Waals surface area contributed by atoms with Crippen LogP contribution < -0.4 is 0 Å². The molecule has 2 nitrogen and oxygen atoms in total. The smallest absolute Gasteiger partial charge is 0.160 e. The average molecular weight is 186 g/mol. The van der Waals surface area contributed by atoms with Crippen LogP contribution in [0.1, 0.15) is 19.3 Å². The zero-order chi connectivity index (χ0) is 9.52. The second kappa shape index (κ2) is 5.75. The topological polar surface area (TPSA) is 18.5 Å². The number of methoxy groups -OCH3 is 1. The lowest BCUT2D eigenvalue weighted by molar-refractivity contribution is 0.137. The van der Waals surface area contributed by atoms with Gasteiger partial charge in [0.1, 0.15) is 5.76 Å². The molecule has 0 bridgehead atoms. The van der Waals surface area contributed by atoms with Crippen LogP contribution in [0, 0.1) is 0 Å². The summed E-state index contributed by atoms with van der Waals surface area (Å²) >= 11 is 0. The van der Waals surface area contributed by atoms with Gasteiger partial charge in [-0.2, -0.15) is 0 Å². The minimum Gasteiger partial charge on any atom is -0.495 e. The van der Waals surface area contributed by atoms with Crippen molar-refractivity contribution in [1.82, 2.24) is 0 Å². The maximum atomic E-state index is 13.0. The van der Waals surface area contributed by atoms with Gasteiger partial charge in [0.2, 0.25) is 0 Å². The van der Waals surface area contributed by atoms with E-state index < -0.39 is 0 Å². The number of hydrogen-bond acceptors (Lipinski definition) is 2. The van der Waals surface area contributed by atoms with Crippen molar-refractivity contribution < 1.29 is 13.9 Å². The standard InChI is InChI=1S/C10H15FO2/c1-12-7-4-8-13-10-6-3-2-5-9(10)11/h2,5H,3-4,6-8H2,1H3. The quantitative estimate of drug-likeness (QED) is 0.614. The molecule has 74 valence electrons. The van der Waals surface area contributed by atoms with Crippen molar-refractivity contribution in [2.24, 2.45) is 0 Å². The Morgan fingerprint density at radius 2 is 2.31 bits per heavy atom. The Hall–Kier alpha value is -0.830. The Morgan fingerprint density at radius 3 is 3.00 bits per heavy atom. The Kier molecular flexibility index (Phi) is 4.54. The lowest BCUT2D eigenvalue weighted by atomic mass is 10.1. The van der Waals surface area contributed by atoms with Crippen LogP contribution in [0.3, 0.4) is 0 Å². The fourth-order valence-corrected chi connectivity index (χ4v) is 1.15. The summed E-state index contributed by atoms with van der Waals surface area (Å²) < 4.78 is 23.1. The second-order valence-corrected chi connectivity index (χ2v) is 2.91. The van der Waals surface area contributed by atoms with Gasteiger partial charge in [0, 0.05) is 26.6 Å². The van der Waals surface area contributed by atoms with Crippen molar-refractivity contribution in [3.05, 3.63) is 23.7 Å². The van der Waals surface area contributed by atoms with Gasteiger partial charge in [-0.05, 0) is 12.5 Å². The van der Waals surface area contributed by atoms with Gasteiger partial charge in [-0.15, -0.1) is 0 Å². The van der Waals surface area contributed by atoms with Gasteiger partial charge in [0.25, 0.3) is 0 Å². The van der Waals surface area contributed by atoms with Crippen molar-refractivity contribution in [3.63, 3.8) is 0 Å². The molecule has 0 fully saturated rings. The maximum Gasteiger partial charge on any atom is 0.160 e. The van der Waals surface area contributed by atoms with Gasteiger partial charge < -0.3 is 9.47 Å². The van der Waals surface area contributed by atoms with Gasteiger partial charge in [0.05, 0.1) is 6.61 Å².